The van der Waals surface area contributed by atoms with Crippen LogP contribution in [0.1, 0.15) is 26.5 Å². The van der Waals surface area contributed by atoms with Gasteiger partial charge in [0.2, 0.25) is 5.96 Å². The zero-order chi connectivity index (χ0) is 17.3. The highest BCUT2D eigenvalue weighted by molar-refractivity contribution is 7.13. The summed E-state index contributed by atoms with van der Waals surface area (Å²) in [7, 11) is 0. The number of pyridine rings is 1. The molecule has 0 aliphatic carbocycles. The standard InChI is InChI=1S/C18H21N5S/c1-12-15(11-13-7-5-6-8-14(13)21-12)23(17-20-9-10-24-17)16(19)22-18(2,3)4/h5-11H,1-4H3,(H2,19,22). The summed E-state index contributed by atoms with van der Waals surface area (Å²) in [5.41, 5.74) is 8.82. The van der Waals surface area contributed by atoms with E-state index in [1.165, 1.54) is 11.3 Å². The fourth-order valence-corrected chi connectivity index (χ4v) is 3.13. The van der Waals surface area contributed by atoms with Crippen molar-refractivity contribution >= 4 is 39.0 Å². The second kappa shape index (κ2) is 6.20. The molecule has 0 aliphatic rings. The second-order valence-electron chi connectivity index (χ2n) is 6.58. The third-order valence-electron chi connectivity index (χ3n) is 3.42. The van der Waals surface area contributed by atoms with Crippen molar-refractivity contribution in [1.82, 2.24) is 9.97 Å². The summed E-state index contributed by atoms with van der Waals surface area (Å²) in [4.78, 5) is 15.6. The van der Waals surface area contributed by atoms with Crippen LogP contribution in [0.25, 0.3) is 10.9 Å². The van der Waals surface area contributed by atoms with Gasteiger partial charge >= 0.3 is 0 Å². The van der Waals surface area contributed by atoms with Crippen molar-refractivity contribution in [3.05, 3.63) is 47.6 Å². The van der Waals surface area contributed by atoms with Crippen LogP contribution in [-0.2, 0) is 0 Å². The predicted octanol–water partition coefficient (Wildman–Crippen LogP) is 4.25. The SMILES string of the molecule is Cc1nc2ccccc2cc1N(C(N)=NC(C)(C)C)c1nccs1. The Kier molecular flexibility index (Phi) is 4.24. The summed E-state index contributed by atoms with van der Waals surface area (Å²) in [5.74, 6) is 0.414. The van der Waals surface area contributed by atoms with E-state index in [0.29, 0.717) is 5.96 Å². The lowest BCUT2D eigenvalue weighted by atomic mass is 10.1. The maximum absolute atomic E-state index is 6.36. The molecule has 2 aromatic heterocycles. The Morgan fingerprint density at radius 3 is 2.67 bits per heavy atom. The quantitative estimate of drug-likeness (QED) is 0.560. The Labute approximate surface area is 145 Å². The number of benzene rings is 1. The van der Waals surface area contributed by atoms with Crippen molar-refractivity contribution in [2.75, 3.05) is 4.90 Å². The number of nitrogens with zero attached hydrogens (tertiary/aromatic N) is 4. The van der Waals surface area contributed by atoms with Gasteiger partial charge < -0.3 is 5.73 Å². The maximum atomic E-state index is 6.36. The predicted molar refractivity (Wildman–Crippen MR) is 102 cm³/mol. The molecule has 0 radical (unpaired) electrons. The number of aryl methyl sites for hydroxylation is 1. The third-order valence-corrected chi connectivity index (χ3v) is 4.17. The number of hydrogen-bond acceptors (Lipinski definition) is 4. The molecule has 0 saturated carbocycles. The molecule has 2 N–H and O–H groups in total. The topological polar surface area (TPSA) is 67.4 Å². The van der Waals surface area contributed by atoms with E-state index in [0.717, 1.165) is 27.4 Å². The lowest BCUT2D eigenvalue weighted by Crippen LogP contribution is -2.36. The van der Waals surface area contributed by atoms with Crippen molar-refractivity contribution in [1.29, 1.82) is 0 Å². The van der Waals surface area contributed by atoms with E-state index in [-0.39, 0.29) is 5.54 Å². The zero-order valence-corrected chi connectivity index (χ0v) is 15.1. The number of guanidine groups is 1. The molecule has 3 rings (SSSR count). The Balaban J connectivity index is 2.20. The van der Waals surface area contributed by atoms with Crippen molar-refractivity contribution in [3.8, 4) is 0 Å². The number of thiazole rings is 1. The molecule has 1 aromatic carbocycles. The van der Waals surface area contributed by atoms with Gasteiger partial charge in [0.1, 0.15) is 0 Å². The summed E-state index contributed by atoms with van der Waals surface area (Å²) in [5, 5.41) is 3.76. The van der Waals surface area contributed by atoms with Crippen LogP contribution in [0.3, 0.4) is 0 Å². The van der Waals surface area contributed by atoms with Gasteiger partial charge in [0.15, 0.2) is 5.13 Å². The molecule has 0 atom stereocenters. The van der Waals surface area contributed by atoms with Gasteiger partial charge in [0.25, 0.3) is 0 Å². The molecule has 2 heterocycles. The maximum Gasteiger partial charge on any atom is 0.202 e. The summed E-state index contributed by atoms with van der Waals surface area (Å²) in [6, 6.07) is 10.1. The molecule has 0 fully saturated rings. The van der Waals surface area contributed by atoms with E-state index in [2.05, 4.69) is 16.0 Å². The van der Waals surface area contributed by atoms with Crippen LogP contribution < -0.4 is 10.6 Å². The lowest BCUT2D eigenvalue weighted by molar-refractivity contribution is 0.581. The normalized spacial score (nSPS) is 12.6. The van der Waals surface area contributed by atoms with Gasteiger partial charge in [-0.15, -0.1) is 11.3 Å². The number of rotatable bonds is 2. The van der Waals surface area contributed by atoms with Gasteiger partial charge in [-0.3, -0.25) is 9.88 Å². The molecule has 0 amide bonds. The third kappa shape index (κ3) is 3.38. The molecule has 0 saturated heterocycles. The molecule has 0 unspecified atom stereocenters. The van der Waals surface area contributed by atoms with Crippen molar-refractivity contribution in [3.63, 3.8) is 0 Å². The van der Waals surface area contributed by atoms with Gasteiger partial charge in [-0.2, -0.15) is 0 Å². The Bertz CT molecular complexity index is 878. The van der Waals surface area contributed by atoms with E-state index >= 15 is 0 Å². The molecule has 124 valence electrons. The molecule has 6 heteroatoms. The van der Waals surface area contributed by atoms with Crippen LogP contribution in [0.5, 0.6) is 0 Å². The number of anilines is 2. The fraction of sp³-hybridized carbons (Fsp3) is 0.278. The number of para-hydroxylation sites is 1. The first-order valence-corrected chi connectivity index (χ1v) is 8.64. The number of aromatic nitrogens is 2. The van der Waals surface area contributed by atoms with E-state index in [9.17, 15) is 0 Å². The van der Waals surface area contributed by atoms with Crippen LogP contribution in [-0.4, -0.2) is 21.5 Å². The number of nitrogens with two attached hydrogens (primary N) is 1. The van der Waals surface area contributed by atoms with Crippen LogP contribution in [0.2, 0.25) is 0 Å². The van der Waals surface area contributed by atoms with Gasteiger partial charge in [0.05, 0.1) is 22.4 Å². The number of aliphatic imine (C=N–C) groups is 1. The molecule has 3 aromatic rings. The molecule has 0 spiro atoms. The summed E-state index contributed by atoms with van der Waals surface area (Å²) >= 11 is 1.52. The first-order chi connectivity index (χ1) is 11.3. The molecular formula is C18H21N5S. The summed E-state index contributed by atoms with van der Waals surface area (Å²) < 4.78 is 0. The molecule has 0 bridgehead atoms. The smallest absolute Gasteiger partial charge is 0.202 e. The number of fused-ring (bicyclic) bond motifs is 1. The van der Waals surface area contributed by atoms with Gasteiger partial charge in [0, 0.05) is 17.0 Å². The van der Waals surface area contributed by atoms with Crippen molar-refractivity contribution in [2.24, 2.45) is 10.7 Å². The lowest BCUT2D eigenvalue weighted by Gasteiger charge is -2.25. The van der Waals surface area contributed by atoms with Gasteiger partial charge in [-0.05, 0) is 39.8 Å². The minimum absolute atomic E-state index is 0.280. The Hall–Kier alpha value is -2.47. The van der Waals surface area contributed by atoms with Crippen LogP contribution >= 0.6 is 11.3 Å². The van der Waals surface area contributed by atoms with Crippen molar-refractivity contribution in [2.45, 2.75) is 33.2 Å². The zero-order valence-electron chi connectivity index (χ0n) is 14.3. The van der Waals surface area contributed by atoms with Crippen LogP contribution in [0.4, 0.5) is 10.8 Å². The Morgan fingerprint density at radius 1 is 1.25 bits per heavy atom. The van der Waals surface area contributed by atoms with Crippen LogP contribution in [0.15, 0.2) is 46.9 Å². The first-order valence-electron chi connectivity index (χ1n) is 7.76. The first kappa shape index (κ1) is 16.4. The largest absolute Gasteiger partial charge is 0.369 e. The summed E-state index contributed by atoms with van der Waals surface area (Å²) in [6.45, 7) is 8.04. The highest BCUT2D eigenvalue weighted by atomic mass is 32.1. The molecule has 5 nitrogen and oxygen atoms in total. The van der Waals surface area contributed by atoms with E-state index in [4.69, 9.17) is 10.7 Å². The monoisotopic (exact) mass is 339 g/mol. The molecule has 24 heavy (non-hydrogen) atoms. The van der Waals surface area contributed by atoms with Gasteiger partial charge in [-0.1, -0.05) is 18.2 Å². The van der Waals surface area contributed by atoms with E-state index in [1.54, 1.807) is 6.20 Å². The summed E-state index contributed by atoms with van der Waals surface area (Å²) in [6.07, 6.45) is 1.77. The average molecular weight is 339 g/mol. The highest BCUT2D eigenvalue weighted by Crippen LogP contribution is 2.31. The minimum Gasteiger partial charge on any atom is -0.369 e. The van der Waals surface area contributed by atoms with Gasteiger partial charge in [-0.25, -0.2) is 9.98 Å². The second-order valence-corrected chi connectivity index (χ2v) is 7.45. The minimum atomic E-state index is -0.280. The molecular weight excluding hydrogens is 318 g/mol. The van der Waals surface area contributed by atoms with Crippen molar-refractivity contribution < 1.29 is 0 Å². The highest BCUT2D eigenvalue weighted by Gasteiger charge is 2.21. The molecule has 0 aliphatic heterocycles. The van der Waals surface area contributed by atoms with E-state index < -0.39 is 0 Å². The van der Waals surface area contributed by atoms with Crippen LogP contribution in [0, 0.1) is 6.92 Å². The average Bonchev–Trinajstić information content (AvgIpc) is 3.00. The number of hydrogen-bond donors (Lipinski definition) is 1. The van der Waals surface area contributed by atoms with E-state index in [1.807, 2.05) is 62.2 Å². The Morgan fingerprint density at radius 2 is 2.00 bits per heavy atom. The fourth-order valence-electron chi connectivity index (χ4n) is 2.47.